The number of aliphatic hydroxyl groups excluding tert-OH is 1. The van der Waals surface area contributed by atoms with Crippen molar-refractivity contribution < 1.29 is 68.1 Å². The fourth-order valence-electron chi connectivity index (χ4n) is 7.76. The third kappa shape index (κ3) is 4.46. The van der Waals surface area contributed by atoms with Gasteiger partial charge >= 0.3 is 5.97 Å². The smallest absolute Gasteiger partial charge is 0.341 e. The van der Waals surface area contributed by atoms with E-state index in [0.29, 0.717) is 0 Å². The number of methoxy groups -OCH3 is 4. The van der Waals surface area contributed by atoms with E-state index < -0.39 is 110 Å². The Bertz CT molecular complexity index is 1880. The fourth-order valence-corrected chi connectivity index (χ4v) is 7.76. The van der Waals surface area contributed by atoms with E-state index >= 15 is 0 Å². The van der Waals surface area contributed by atoms with Gasteiger partial charge in [0, 0.05) is 44.1 Å². The molecule has 2 aromatic rings. The largest absolute Gasteiger partial charge is 0.507 e. The molecule has 1 fully saturated rings. The van der Waals surface area contributed by atoms with Crippen LogP contribution in [-0.4, -0.2) is 114 Å². The van der Waals surface area contributed by atoms with Crippen LogP contribution >= 0.6 is 0 Å². The molecule has 1 saturated heterocycles. The number of esters is 1. The molecule has 0 unspecified atom stereocenters. The van der Waals surface area contributed by atoms with Gasteiger partial charge in [0.05, 0.1) is 30.0 Å². The van der Waals surface area contributed by atoms with Crippen LogP contribution in [0.25, 0.3) is 0 Å². The van der Waals surface area contributed by atoms with Crippen LogP contribution in [0.5, 0.6) is 11.5 Å². The quantitative estimate of drug-likeness (QED) is 0.266. The summed E-state index contributed by atoms with van der Waals surface area (Å²) in [5, 5.41) is 48.9. The Morgan fingerprint density at radius 2 is 1.63 bits per heavy atom. The summed E-state index contributed by atoms with van der Waals surface area (Å²) in [5.41, 5.74) is -8.29. The van der Waals surface area contributed by atoms with E-state index in [4.69, 9.17) is 23.7 Å². The van der Waals surface area contributed by atoms with E-state index in [-0.39, 0.29) is 35.2 Å². The molecule has 1 aliphatic heterocycles. The Balaban J connectivity index is 1.49. The molecule has 0 saturated carbocycles. The molecule has 0 spiro atoms. The number of ether oxygens (including phenoxy) is 5. The summed E-state index contributed by atoms with van der Waals surface area (Å²) in [7, 11) is 4.84. The monoisotopic (exact) mass is 681 g/mol. The van der Waals surface area contributed by atoms with E-state index in [9.17, 15) is 44.4 Å². The number of aliphatic hydroxyl groups is 2. The third-order valence-electron chi connectivity index (χ3n) is 10.1. The minimum atomic E-state index is -2.95. The van der Waals surface area contributed by atoms with Crippen molar-refractivity contribution >= 4 is 29.1 Å². The van der Waals surface area contributed by atoms with E-state index in [2.05, 4.69) is 5.32 Å². The molecule has 4 aliphatic rings. The lowest BCUT2D eigenvalue weighted by atomic mass is 9.57. The van der Waals surface area contributed by atoms with Crippen LogP contribution in [0.2, 0.25) is 0 Å². The maximum atomic E-state index is 14.5. The molecule has 49 heavy (non-hydrogen) atoms. The molecule has 0 radical (unpaired) electrons. The van der Waals surface area contributed by atoms with E-state index in [1.807, 2.05) is 0 Å². The van der Waals surface area contributed by atoms with Gasteiger partial charge in [-0.1, -0.05) is 6.07 Å². The van der Waals surface area contributed by atoms with E-state index in [1.165, 1.54) is 27.2 Å². The first-order valence-corrected chi connectivity index (χ1v) is 15.3. The first kappa shape index (κ1) is 34.4. The van der Waals surface area contributed by atoms with Gasteiger partial charge < -0.3 is 49.4 Å². The molecule has 7 atom stereocenters. The molecule has 1 heterocycles. The van der Waals surface area contributed by atoms with E-state index in [0.717, 1.165) is 26.4 Å². The molecule has 3 aliphatic carbocycles. The number of hydrogen-bond acceptors (Lipinski definition) is 15. The molecule has 0 aromatic heterocycles. The molecule has 5 N–H and O–H groups in total. The van der Waals surface area contributed by atoms with Crippen LogP contribution in [0.1, 0.15) is 81.8 Å². The number of aromatic hydroxyl groups is 2. The van der Waals surface area contributed by atoms with Gasteiger partial charge in [0.15, 0.2) is 23.2 Å². The average molecular weight is 682 g/mol. The van der Waals surface area contributed by atoms with Gasteiger partial charge in [0.2, 0.25) is 17.3 Å². The lowest BCUT2D eigenvalue weighted by molar-refractivity contribution is -0.236. The number of ketones is 4. The number of nitrogens with one attached hydrogen (secondary N) is 1. The Labute approximate surface area is 279 Å². The van der Waals surface area contributed by atoms with Crippen LogP contribution in [0.15, 0.2) is 23.9 Å². The molecular formula is C34H35NO14. The van der Waals surface area contributed by atoms with Gasteiger partial charge in [-0.2, -0.15) is 0 Å². The van der Waals surface area contributed by atoms with Crippen molar-refractivity contribution in [1.82, 2.24) is 5.32 Å². The number of carbonyl (C=O) groups excluding carboxylic acids is 5. The number of aryl methyl sites for hydroxylation is 2. The summed E-state index contributed by atoms with van der Waals surface area (Å²) in [4.78, 5) is 69.0. The van der Waals surface area contributed by atoms with Crippen LogP contribution in [0, 0.1) is 6.92 Å². The summed E-state index contributed by atoms with van der Waals surface area (Å²) in [5.74, 6) is -6.85. The minimum Gasteiger partial charge on any atom is -0.507 e. The molecule has 2 aromatic carbocycles. The second kappa shape index (κ2) is 11.8. The Kier molecular flexibility index (Phi) is 8.29. The maximum Gasteiger partial charge on any atom is 0.341 e. The molecule has 0 bridgehead atoms. The average Bonchev–Trinajstić information content (AvgIpc) is 3.05. The second-order valence-electron chi connectivity index (χ2n) is 12.5. The van der Waals surface area contributed by atoms with Crippen molar-refractivity contribution in [2.45, 2.75) is 68.5 Å². The van der Waals surface area contributed by atoms with E-state index in [1.54, 1.807) is 6.92 Å². The zero-order valence-electron chi connectivity index (χ0n) is 27.4. The molecule has 260 valence electrons. The number of fused-ring (bicyclic) bond motifs is 5. The van der Waals surface area contributed by atoms with Gasteiger partial charge in [-0.3, -0.25) is 19.2 Å². The molecule has 6 rings (SSSR count). The fraction of sp³-hybridized carbons (Fsp3) is 0.441. The first-order chi connectivity index (χ1) is 23.1. The van der Waals surface area contributed by atoms with Crippen molar-refractivity contribution in [3.63, 3.8) is 0 Å². The maximum absolute atomic E-state index is 14.5. The first-order valence-electron chi connectivity index (χ1n) is 15.3. The summed E-state index contributed by atoms with van der Waals surface area (Å²) >= 11 is 0. The second-order valence-corrected chi connectivity index (χ2v) is 12.5. The van der Waals surface area contributed by atoms with Gasteiger partial charge in [-0.05, 0) is 43.9 Å². The summed E-state index contributed by atoms with van der Waals surface area (Å²) < 4.78 is 27.0. The molecule has 0 amide bonds. The number of hydrogen-bond donors (Lipinski definition) is 5. The standard InChI is InChI=1S/C34H35NO14/c1-12-9-14-7-8-33(48-6)30(42)21-16(29(41)34(33,44)22(14)25(39)19(12)32(43)47-5)10-15-20(24(21)38)18(36)11-17(23(15)37)35-31-28(46-4)26(40)27(45-3)13(2)49-31/h9-11,13,26-28,31,35,38-40,44H,7-8H2,1-6H3/t13-,26+,27-,28+,31+,33-,34+/m0/s1. The summed E-state index contributed by atoms with van der Waals surface area (Å²) in [6, 6.07) is 2.40. The van der Waals surface area contributed by atoms with Crippen molar-refractivity contribution in [2.75, 3.05) is 28.4 Å². The number of benzene rings is 2. The predicted octanol–water partition coefficient (Wildman–Crippen LogP) is 0.779. The molecule has 15 heteroatoms. The normalized spacial score (nSPS) is 30.5. The predicted molar refractivity (Wildman–Crippen MR) is 165 cm³/mol. The third-order valence-corrected chi connectivity index (χ3v) is 10.1. The van der Waals surface area contributed by atoms with Gasteiger partial charge in [-0.25, -0.2) is 4.79 Å². The lowest BCUT2D eigenvalue weighted by Crippen LogP contribution is -2.67. The van der Waals surface area contributed by atoms with Gasteiger partial charge in [0.1, 0.15) is 35.4 Å². The highest BCUT2D eigenvalue weighted by Crippen LogP contribution is 2.56. The SMILES string of the molecule is COC(=O)c1c(C)cc2c(c1O)[C@@]1(O)C(=O)c3cc4c(c(O)c3C(=O)[C@@]1(OC)CC2)C(=O)C=C(N[C@@H]1O[C@@H](C)[C@H](OC)[C@@H](O)[C@H]1OC)C4=O. The Morgan fingerprint density at radius 3 is 2.24 bits per heavy atom. The van der Waals surface area contributed by atoms with Crippen molar-refractivity contribution in [3.8, 4) is 11.5 Å². The summed E-state index contributed by atoms with van der Waals surface area (Å²) in [6.07, 6.45) is -4.26. The van der Waals surface area contributed by atoms with Crippen LogP contribution < -0.4 is 5.32 Å². The number of rotatable bonds is 6. The Morgan fingerprint density at radius 1 is 0.959 bits per heavy atom. The number of carbonyl (C=O) groups is 5. The van der Waals surface area contributed by atoms with Gasteiger partial charge in [-0.15, -0.1) is 0 Å². The highest BCUT2D eigenvalue weighted by molar-refractivity contribution is 6.30. The van der Waals surface area contributed by atoms with Crippen LogP contribution in [0.3, 0.4) is 0 Å². The van der Waals surface area contributed by atoms with Crippen molar-refractivity contribution in [2.24, 2.45) is 0 Å². The van der Waals surface area contributed by atoms with Gasteiger partial charge in [0.25, 0.3) is 0 Å². The highest BCUT2D eigenvalue weighted by Gasteiger charge is 2.69. The number of Topliss-reactive ketones (excluding diaryl/α,β-unsaturated/α-hetero) is 3. The summed E-state index contributed by atoms with van der Waals surface area (Å²) in [6.45, 7) is 3.15. The highest BCUT2D eigenvalue weighted by atomic mass is 16.6. The molecule has 15 nitrogen and oxygen atoms in total. The van der Waals surface area contributed by atoms with Crippen LogP contribution in [0.4, 0.5) is 0 Å². The lowest BCUT2D eigenvalue weighted by Gasteiger charge is -2.50. The van der Waals surface area contributed by atoms with Crippen molar-refractivity contribution in [3.05, 3.63) is 68.4 Å². The number of phenols is 2. The molecular weight excluding hydrogens is 646 g/mol. The number of allylic oxidation sites excluding steroid dienone is 2. The number of phenolic OH excluding ortho intramolecular Hbond substituents is 2. The zero-order valence-corrected chi connectivity index (χ0v) is 27.4. The minimum absolute atomic E-state index is 0.000718. The van der Waals surface area contributed by atoms with Crippen LogP contribution in [-0.2, 0) is 35.7 Å². The zero-order chi connectivity index (χ0) is 35.9. The van der Waals surface area contributed by atoms with Crippen molar-refractivity contribution in [1.29, 1.82) is 0 Å². The topological polar surface area (TPSA) is 224 Å². The Hall–Kier alpha value is -4.51.